The van der Waals surface area contributed by atoms with Gasteiger partial charge in [0.1, 0.15) is 0 Å². The van der Waals surface area contributed by atoms with E-state index in [0.29, 0.717) is 19.1 Å². The van der Waals surface area contributed by atoms with Gasteiger partial charge in [-0.15, -0.1) is 0 Å². The van der Waals surface area contributed by atoms with Crippen molar-refractivity contribution >= 4 is 11.6 Å². The standard InChI is InChI=1S/C14H21N3O/c1-3-16-14(18)9-17(2)13-7-4-10-8-11(15)5-6-12(10)13/h5-6,8,13H,3-4,7,9,15H2,1-2H3,(H,16,18). The fraction of sp³-hybridized carbons (Fsp3) is 0.500. The second-order valence-electron chi connectivity index (χ2n) is 4.88. The van der Waals surface area contributed by atoms with Crippen LogP contribution in [-0.2, 0) is 11.2 Å². The van der Waals surface area contributed by atoms with Gasteiger partial charge in [0, 0.05) is 18.3 Å². The number of aryl methyl sites for hydroxylation is 1. The predicted molar refractivity (Wildman–Crippen MR) is 73.2 cm³/mol. The molecule has 2 rings (SSSR count). The van der Waals surface area contributed by atoms with Crippen LogP contribution in [0.2, 0.25) is 0 Å². The summed E-state index contributed by atoms with van der Waals surface area (Å²) in [5.74, 6) is 0.0869. The van der Waals surface area contributed by atoms with Gasteiger partial charge in [-0.1, -0.05) is 6.07 Å². The summed E-state index contributed by atoms with van der Waals surface area (Å²) in [5.41, 5.74) is 9.25. The van der Waals surface area contributed by atoms with Crippen molar-refractivity contribution < 1.29 is 4.79 Å². The van der Waals surface area contributed by atoms with E-state index in [9.17, 15) is 4.79 Å². The van der Waals surface area contributed by atoms with E-state index in [1.165, 1.54) is 11.1 Å². The molecule has 1 aromatic carbocycles. The summed E-state index contributed by atoms with van der Waals surface area (Å²) >= 11 is 0. The van der Waals surface area contributed by atoms with Gasteiger partial charge in [-0.2, -0.15) is 0 Å². The number of fused-ring (bicyclic) bond motifs is 1. The molecule has 0 saturated carbocycles. The molecule has 0 saturated heterocycles. The van der Waals surface area contributed by atoms with Gasteiger partial charge < -0.3 is 11.1 Å². The van der Waals surface area contributed by atoms with Crippen molar-refractivity contribution in [1.29, 1.82) is 0 Å². The minimum atomic E-state index is 0.0869. The summed E-state index contributed by atoms with van der Waals surface area (Å²) in [7, 11) is 2.01. The third-order valence-corrected chi connectivity index (χ3v) is 3.51. The Labute approximate surface area is 108 Å². The Balaban J connectivity index is 2.06. The molecule has 0 radical (unpaired) electrons. The van der Waals surface area contributed by atoms with Crippen molar-refractivity contribution in [2.24, 2.45) is 0 Å². The molecule has 1 unspecified atom stereocenters. The number of nitrogens with two attached hydrogens (primary N) is 1. The van der Waals surface area contributed by atoms with E-state index in [4.69, 9.17) is 5.73 Å². The number of amides is 1. The molecule has 0 fully saturated rings. The van der Waals surface area contributed by atoms with Gasteiger partial charge in [-0.25, -0.2) is 0 Å². The first kappa shape index (κ1) is 12.9. The van der Waals surface area contributed by atoms with Crippen molar-refractivity contribution in [1.82, 2.24) is 10.2 Å². The van der Waals surface area contributed by atoms with Crippen LogP contribution in [0.1, 0.15) is 30.5 Å². The van der Waals surface area contributed by atoms with Crippen LogP contribution >= 0.6 is 0 Å². The first-order valence-electron chi connectivity index (χ1n) is 6.47. The maximum absolute atomic E-state index is 11.6. The van der Waals surface area contributed by atoms with Crippen molar-refractivity contribution in [3.63, 3.8) is 0 Å². The SMILES string of the molecule is CCNC(=O)CN(C)C1CCc2cc(N)ccc21. The van der Waals surface area contributed by atoms with Gasteiger partial charge in [0.05, 0.1) is 6.54 Å². The lowest BCUT2D eigenvalue weighted by atomic mass is 10.1. The molecule has 4 heteroatoms. The number of carbonyl (C=O) groups excluding carboxylic acids is 1. The maximum atomic E-state index is 11.6. The number of nitrogens with zero attached hydrogens (tertiary/aromatic N) is 1. The van der Waals surface area contributed by atoms with Crippen LogP contribution < -0.4 is 11.1 Å². The Morgan fingerprint density at radius 3 is 3.06 bits per heavy atom. The van der Waals surface area contributed by atoms with Crippen molar-refractivity contribution in [2.45, 2.75) is 25.8 Å². The average Bonchev–Trinajstić information content (AvgIpc) is 2.71. The van der Waals surface area contributed by atoms with Crippen molar-refractivity contribution in [2.75, 3.05) is 25.9 Å². The second-order valence-corrected chi connectivity index (χ2v) is 4.88. The summed E-state index contributed by atoms with van der Waals surface area (Å²) in [6.45, 7) is 3.07. The highest BCUT2D eigenvalue weighted by Gasteiger charge is 2.26. The highest BCUT2D eigenvalue weighted by Crippen LogP contribution is 2.35. The highest BCUT2D eigenvalue weighted by molar-refractivity contribution is 5.78. The van der Waals surface area contributed by atoms with Crippen LogP contribution in [0.15, 0.2) is 18.2 Å². The predicted octanol–water partition coefficient (Wildman–Crippen LogP) is 1.32. The zero-order valence-electron chi connectivity index (χ0n) is 11.1. The molecule has 0 spiro atoms. The van der Waals surface area contributed by atoms with E-state index < -0.39 is 0 Å². The number of likely N-dealkylation sites (N-methyl/N-ethyl adjacent to an activating group) is 2. The number of rotatable bonds is 4. The largest absolute Gasteiger partial charge is 0.399 e. The monoisotopic (exact) mass is 247 g/mol. The lowest BCUT2D eigenvalue weighted by molar-refractivity contribution is -0.122. The van der Waals surface area contributed by atoms with Gasteiger partial charge in [-0.05, 0) is 50.1 Å². The molecule has 1 amide bonds. The lowest BCUT2D eigenvalue weighted by Gasteiger charge is -2.24. The lowest BCUT2D eigenvalue weighted by Crippen LogP contribution is -2.36. The molecule has 1 atom stereocenters. The Kier molecular flexibility index (Phi) is 3.87. The van der Waals surface area contributed by atoms with E-state index >= 15 is 0 Å². The van der Waals surface area contributed by atoms with Crippen LogP contribution in [0.3, 0.4) is 0 Å². The summed E-state index contributed by atoms with van der Waals surface area (Å²) < 4.78 is 0. The smallest absolute Gasteiger partial charge is 0.234 e. The zero-order chi connectivity index (χ0) is 13.1. The Hall–Kier alpha value is -1.55. The van der Waals surface area contributed by atoms with Gasteiger partial charge in [0.25, 0.3) is 0 Å². The molecule has 0 bridgehead atoms. The average molecular weight is 247 g/mol. The quantitative estimate of drug-likeness (QED) is 0.789. The molecular formula is C14H21N3O. The minimum absolute atomic E-state index is 0.0869. The summed E-state index contributed by atoms with van der Waals surface area (Å²) in [6, 6.07) is 6.42. The summed E-state index contributed by atoms with van der Waals surface area (Å²) in [4.78, 5) is 13.7. The van der Waals surface area contributed by atoms with Crippen LogP contribution in [-0.4, -0.2) is 30.9 Å². The van der Waals surface area contributed by atoms with E-state index in [0.717, 1.165) is 18.5 Å². The highest BCUT2D eigenvalue weighted by atomic mass is 16.2. The zero-order valence-corrected chi connectivity index (χ0v) is 11.1. The fourth-order valence-electron chi connectivity index (χ4n) is 2.66. The molecule has 98 valence electrons. The Morgan fingerprint density at radius 1 is 1.56 bits per heavy atom. The van der Waals surface area contributed by atoms with Crippen LogP contribution in [0.5, 0.6) is 0 Å². The van der Waals surface area contributed by atoms with Crippen molar-refractivity contribution in [3.8, 4) is 0 Å². The molecule has 1 aliphatic carbocycles. The summed E-state index contributed by atoms with van der Waals surface area (Å²) in [5, 5.41) is 2.83. The Morgan fingerprint density at radius 2 is 2.33 bits per heavy atom. The third kappa shape index (κ3) is 2.64. The molecule has 0 heterocycles. The number of nitrogen functional groups attached to an aromatic ring is 1. The topological polar surface area (TPSA) is 58.4 Å². The van der Waals surface area contributed by atoms with E-state index in [1.807, 2.05) is 20.0 Å². The number of carbonyl (C=O) groups is 1. The van der Waals surface area contributed by atoms with Crippen molar-refractivity contribution in [3.05, 3.63) is 29.3 Å². The van der Waals surface area contributed by atoms with Crippen LogP contribution in [0.25, 0.3) is 0 Å². The van der Waals surface area contributed by atoms with Gasteiger partial charge >= 0.3 is 0 Å². The number of benzene rings is 1. The molecule has 0 aromatic heterocycles. The van der Waals surface area contributed by atoms with Gasteiger partial charge in [-0.3, -0.25) is 9.69 Å². The molecule has 18 heavy (non-hydrogen) atoms. The molecule has 0 aliphatic heterocycles. The molecule has 1 aliphatic rings. The van der Waals surface area contributed by atoms with E-state index in [2.05, 4.69) is 22.3 Å². The first-order chi connectivity index (χ1) is 8.61. The van der Waals surface area contributed by atoms with Gasteiger partial charge in [0.2, 0.25) is 5.91 Å². The Bertz CT molecular complexity index is 445. The first-order valence-corrected chi connectivity index (χ1v) is 6.47. The summed E-state index contributed by atoms with van der Waals surface area (Å²) in [6.07, 6.45) is 2.11. The minimum Gasteiger partial charge on any atom is -0.399 e. The fourth-order valence-corrected chi connectivity index (χ4v) is 2.66. The maximum Gasteiger partial charge on any atom is 0.234 e. The van der Waals surface area contributed by atoms with E-state index in [1.54, 1.807) is 0 Å². The third-order valence-electron chi connectivity index (χ3n) is 3.51. The number of hydrogen-bond acceptors (Lipinski definition) is 3. The second kappa shape index (κ2) is 5.40. The molecular weight excluding hydrogens is 226 g/mol. The molecule has 1 aromatic rings. The number of anilines is 1. The molecule has 4 nitrogen and oxygen atoms in total. The van der Waals surface area contributed by atoms with E-state index in [-0.39, 0.29) is 5.91 Å². The van der Waals surface area contributed by atoms with Crippen LogP contribution in [0.4, 0.5) is 5.69 Å². The molecule has 3 N–H and O–H groups in total. The number of nitrogens with one attached hydrogen (secondary N) is 1. The number of hydrogen-bond donors (Lipinski definition) is 2. The van der Waals surface area contributed by atoms with Gasteiger partial charge in [0.15, 0.2) is 0 Å². The normalized spacial score (nSPS) is 17.8. The van der Waals surface area contributed by atoms with Crippen LogP contribution in [0, 0.1) is 0 Å².